The van der Waals surface area contributed by atoms with Gasteiger partial charge < -0.3 is 15.6 Å². The zero-order chi connectivity index (χ0) is 17.4. The van der Waals surface area contributed by atoms with Crippen LogP contribution < -0.4 is 10.6 Å². The first kappa shape index (κ1) is 15.4. The molecule has 0 saturated heterocycles. The molecule has 1 fully saturated rings. The number of benzene rings is 2. The Morgan fingerprint density at radius 1 is 1.04 bits per heavy atom. The highest BCUT2D eigenvalue weighted by Gasteiger charge is 2.23. The molecule has 2 aromatic carbocycles. The van der Waals surface area contributed by atoms with Gasteiger partial charge in [0, 0.05) is 28.2 Å². The number of aryl methyl sites for hydroxylation is 1. The van der Waals surface area contributed by atoms with Crippen LogP contribution in [0, 0.1) is 6.92 Å². The Labute approximate surface area is 145 Å². The van der Waals surface area contributed by atoms with Crippen molar-refractivity contribution in [3.63, 3.8) is 0 Å². The van der Waals surface area contributed by atoms with E-state index >= 15 is 0 Å². The molecule has 0 aliphatic heterocycles. The van der Waals surface area contributed by atoms with Gasteiger partial charge in [0.15, 0.2) is 0 Å². The molecule has 1 aliphatic carbocycles. The van der Waals surface area contributed by atoms with Gasteiger partial charge in [0.05, 0.1) is 0 Å². The van der Waals surface area contributed by atoms with Crippen LogP contribution in [0.4, 0.5) is 5.69 Å². The van der Waals surface area contributed by atoms with Gasteiger partial charge in [-0.3, -0.25) is 9.59 Å². The van der Waals surface area contributed by atoms with E-state index in [4.69, 9.17) is 0 Å². The number of amides is 2. The number of aromatic amines is 1. The van der Waals surface area contributed by atoms with Crippen LogP contribution in [-0.4, -0.2) is 22.8 Å². The van der Waals surface area contributed by atoms with Crippen LogP contribution in [0.3, 0.4) is 0 Å². The minimum atomic E-state index is -0.228. The number of aromatic nitrogens is 1. The van der Waals surface area contributed by atoms with E-state index in [2.05, 4.69) is 15.6 Å². The van der Waals surface area contributed by atoms with Crippen molar-refractivity contribution in [3.8, 4) is 0 Å². The van der Waals surface area contributed by atoms with Gasteiger partial charge in [-0.05, 0) is 55.7 Å². The van der Waals surface area contributed by atoms with Gasteiger partial charge in [0.25, 0.3) is 11.8 Å². The van der Waals surface area contributed by atoms with Crippen LogP contribution in [-0.2, 0) is 0 Å². The lowest BCUT2D eigenvalue weighted by Gasteiger charge is -2.07. The van der Waals surface area contributed by atoms with Gasteiger partial charge in [-0.25, -0.2) is 0 Å². The first-order valence-electron chi connectivity index (χ1n) is 8.40. The fourth-order valence-corrected chi connectivity index (χ4v) is 2.80. The summed E-state index contributed by atoms with van der Waals surface area (Å²) >= 11 is 0. The summed E-state index contributed by atoms with van der Waals surface area (Å²) < 4.78 is 0. The summed E-state index contributed by atoms with van der Waals surface area (Å²) in [4.78, 5) is 27.8. The Kier molecular flexibility index (Phi) is 3.76. The molecule has 1 aromatic heterocycles. The predicted octanol–water partition coefficient (Wildman–Crippen LogP) is 3.62. The molecule has 2 amide bonds. The third kappa shape index (κ3) is 3.40. The number of fused-ring (bicyclic) bond motifs is 1. The number of carbonyl (C=O) groups excluding carboxylic acids is 2. The maximum Gasteiger partial charge on any atom is 0.272 e. The molecule has 0 unspecified atom stereocenters. The molecule has 5 heteroatoms. The maximum absolute atomic E-state index is 12.5. The number of nitrogens with one attached hydrogen (secondary N) is 3. The predicted molar refractivity (Wildman–Crippen MR) is 97.9 cm³/mol. The summed E-state index contributed by atoms with van der Waals surface area (Å²) in [6.07, 6.45) is 2.09. The summed E-state index contributed by atoms with van der Waals surface area (Å²) in [6.45, 7) is 2.01. The Morgan fingerprint density at radius 2 is 1.88 bits per heavy atom. The van der Waals surface area contributed by atoms with E-state index in [1.807, 2.05) is 31.2 Å². The summed E-state index contributed by atoms with van der Waals surface area (Å²) in [5, 5.41) is 6.79. The molecule has 0 atom stereocenters. The van der Waals surface area contributed by atoms with E-state index in [-0.39, 0.29) is 11.8 Å². The minimum Gasteiger partial charge on any atom is -0.351 e. The molecule has 25 heavy (non-hydrogen) atoms. The molecule has 0 spiro atoms. The normalized spacial score (nSPS) is 13.6. The molecule has 5 nitrogen and oxygen atoms in total. The number of carbonyl (C=O) groups is 2. The highest BCUT2D eigenvalue weighted by atomic mass is 16.2. The number of rotatable bonds is 4. The minimum absolute atomic E-state index is 0.0975. The fraction of sp³-hybridized carbons (Fsp3) is 0.200. The van der Waals surface area contributed by atoms with E-state index in [9.17, 15) is 9.59 Å². The van der Waals surface area contributed by atoms with Crippen LogP contribution in [0.1, 0.15) is 39.3 Å². The van der Waals surface area contributed by atoms with Crippen molar-refractivity contribution in [2.24, 2.45) is 0 Å². The number of anilines is 1. The summed E-state index contributed by atoms with van der Waals surface area (Å²) in [7, 11) is 0. The molecule has 3 N–H and O–H groups in total. The largest absolute Gasteiger partial charge is 0.351 e. The fourth-order valence-electron chi connectivity index (χ4n) is 2.80. The highest BCUT2D eigenvalue weighted by Crippen LogP contribution is 2.21. The Balaban J connectivity index is 1.52. The Hall–Kier alpha value is -3.08. The average molecular weight is 333 g/mol. The molecular weight excluding hydrogens is 314 g/mol. The second kappa shape index (κ2) is 6.09. The highest BCUT2D eigenvalue weighted by molar-refractivity contribution is 6.06. The standard InChI is InChI=1S/C20H19N3O2/c1-12-5-6-13-11-18(23-17(13)9-12)20(25)22-16-4-2-3-14(10-16)19(24)21-15-7-8-15/h2-6,9-11,15,23H,7-8H2,1H3,(H,21,24)(H,22,25). The molecular formula is C20H19N3O2. The van der Waals surface area contributed by atoms with Gasteiger partial charge in [-0.15, -0.1) is 0 Å². The van der Waals surface area contributed by atoms with Crippen molar-refractivity contribution in [2.45, 2.75) is 25.8 Å². The monoisotopic (exact) mass is 333 g/mol. The lowest BCUT2D eigenvalue weighted by Crippen LogP contribution is -2.25. The van der Waals surface area contributed by atoms with Crippen LogP contribution in [0.2, 0.25) is 0 Å². The molecule has 3 aromatic rings. The molecule has 0 bridgehead atoms. The molecule has 4 rings (SSSR count). The Morgan fingerprint density at radius 3 is 2.68 bits per heavy atom. The van der Waals surface area contributed by atoms with Gasteiger partial charge in [0.1, 0.15) is 5.69 Å². The zero-order valence-electron chi connectivity index (χ0n) is 13.9. The van der Waals surface area contributed by atoms with E-state index in [1.54, 1.807) is 24.3 Å². The van der Waals surface area contributed by atoms with Crippen molar-refractivity contribution >= 4 is 28.4 Å². The van der Waals surface area contributed by atoms with Crippen LogP contribution in [0.25, 0.3) is 10.9 Å². The van der Waals surface area contributed by atoms with Crippen LogP contribution in [0.5, 0.6) is 0 Å². The number of H-pyrrole nitrogens is 1. The topological polar surface area (TPSA) is 74.0 Å². The van der Waals surface area contributed by atoms with Crippen molar-refractivity contribution in [3.05, 3.63) is 65.4 Å². The Bertz CT molecular complexity index is 970. The van der Waals surface area contributed by atoms with Crippen molar-refractivity contribution < 1.29 is 9.59 Å². The number of hydrogen-bond donors (Lipinski definition) is 3. The summed E-state index contributed by atoms with van der Waals surface area (Å²) in [5.74, 6) is -0.326. The third-order valence-corrected chi connectivity index (χ3v) is 4.32. The lowest BCUT2D eigenvalue weighted by atomic mass is 10.2. The molecule has 1 heterocycles. The summed E-state index contributed by atoms with van der Waals surface area (Å²) in [5.41, 5.74) is 3.71. The summed E-state index contributed by atoms with van der Waals surface area (Å²) in [6, 6.07) is 15.1. The second-order valence-corrected chi connectivity index (χ2v) is 6.56. The molecule has 0 radical (unpaired) electrons. The lowest BCUT2D eigenvalue weighted by molar-refractivity contribution is 0.0949. The SMILES string of the molecule is Cc1ccc2cc(C(=O)Nc3cccc(C(=O)NC4CC4)c3)[nH]c2c1. The van der Waals surface area contributed by atoms with Crippen molar-refractivity contribution in [1.29, 1.82) is 0 Å². The second-order valence-electron chi connectivity index (χ2n) is 6.56. The van der Waals surface area contributed by atoms with Crippen molar-refractivity contribution in [2.75, 3.05) is 5.32 Å². The smallest absolute Gasteiger partial charge is 0.272 e. The van der Waals surface area contributed by atoms with Gasteiger partial charge in [-0.2, -0.15) is 0 Å². The van der Waals surface area contributed by atoms with Crippen LogP contribution >= 0.6 is 0 Å². The van der Waals surface area contributed by atoms with E-state index < -0.39 is 0 Å². The van der Waals surface area contributed by atoms with E-state index in [0.29, 0.717) is 23.0 Å². The van der Waals surface area contributed by atoms with Crippen LogP contribution in [0.15, 0.2) is 48.5 Å². The third-order valence-electron chi connectivity index (χ3n) is 4.32. The first-order valence-corrected chi connectivity index (χ1v) is 8.40. The molecule has 1 saturated carbocycles. The number of hydrogen-bond acceptors (Lipinski definition) is 2. The zero-order valence-corrected chi connectivity index (χ0v) is 13.9. The first-order chi connectivity index (χ1) is 12.1. The van der Waals surface area contributed by atoms with Gasteiger partial charge >= 0.3 is 0 Å². The average Bonchev–Trinajstić information content (AvgIpc) is 3.30. The van der Waals surface area contributed by atoms with Crippen molar-refractivity contribution in [1.82, 2.24) is 10.3 Å². The van der Waals surface area contributed by atoms with Gasteiger partial charge in [0.2, 0.25) is 0 Å². The van der Waals surface area contributed by atoms with Gasteiger partial charge in [-0.1, -0.05) is 18.2 Å². The van der Waals surface area contributed by atoms with E-state index in [1.165, 1.54) is 0 Å². The quantitative estimate of drug-likeness (QED) is 0.682. The van der Waals surface area contributed by atoms with E-state index in [0.717, 1.165) is 29.3 Å². The maximum atomic E-state index is 12.5. The molecule has 126 valence electrons. The molecule has 1 aliphatic rings.